The summed E-state index contributed by atoms with van der Waals surface area (Å²) in [6.07, 6.45) is 3.62. The minimum atomic E-state index is -4.52. The first kappa shape index (κ1) is 23.1. The zero-order valence-corrected chi connectivity index (χ0v) is 18.6. The van der Waals surface area contributed by atoms with Crippen LogP contribution < -0.4 is 15.4 Å². The van der Waals surface area contributed by atoms with Gasteiger partial charge in [-0.25, -0.2) is 13.1 Å². The number of nitrogens with one attached hydrogen (secondary N) is 1. The van der Waals surface area contributed by atoms with Gasteiger partial charge < -0.3 is 10.6 Å². The molecule has 5 nitrogen and oxygen atoms in total. The highest BCUT2D eigenvalue weighted by atomic mass is 32.2. The van der Waals surface area contributed by atoms with Crippen LogP contribution in [-0.4, -0.2) is 21.5 Å². The van der Waals surface area contributed by atoms with Crippen LogP contribution in [0, 0.1) is 0 Å². The molecule has 0 spiro atoms. The Kier molecular flexibility index (Phi) is 6.36. The Hall–Kier alpha value is -3.04. The van der Waals surface area contributed by atoms with Gasteiger partial charge in [0.25, 0.3) is 0 Å². The van der Waals surface area contributed by atoms with Crippen LogP contribution in [-0.2, 0) is 22.6 Å². The summed E-state index contributed by atoms with van der Waals surface area (Å²) in [5.74, 6) is 0. The van der Waals surface area contributed by atoms with Gasteiger partial charge in [0.2, 0.25) is 10.0 Å². The van der Waals surface area contributed by atoms with Crippen molar-refractivity contribution < 1.29 is 21.6 Å². The van der Waals surface area contributed by atoms with Crippen molar-refractivity contribution in [3.05, 3.63) is 94.9 Å². The standard InChI is InChI=1S/C24H24F3N3O2S/c25-24(26,27)19-9-12-21(13-10-19)33(31,32)29-14-3-15-30-22-5-2-1-4-17(22)6-7-18-8-11-20(28)16-23(18)30/h1-2,4-5,7,9-13,16,29H,3,6,8,14-15,28H2. The Balaban J connectivity index is 1.46. The number of allylic oxidation sites excluding steroid dienone is 4. The zero-order valence-electron chi connectivity index (χ0n) is 17.8. The van der Waals surface area contributed by atoms with Crippen LogP contribution >= 0.6 is 0 Å². The van der Waals surface area contributed by atoms with E-state index in [-0.39, 0.29) is 11.4 Å². The maximum Gasteiger partial charge on any atom is 0.416 e. The molecule has 0 fully saturated rings. The number of halogens is 3. The van der Waals surface area contributed by atoms with E-state index in [4.69, 9.17) is 5.73 Å². The first-order valence-electron chi connectivity index (χ1n) is 10.5. The van der Waals surface area contributed by atoms with Crippen LogP contribution in [0.25, 0.3) is 0 Å². The van der Waals surface area contributed by atoms with Gasteiger partial charge in [-0.15, -0.1) is 0 Å². The topological polar surface area (TPSA) is 75.4 Å². The molecule has 0 bridgehead atoms. The molecule has 0 amide bonds. The average Bonchev–Trinajstić information content (AvgIpc) is 2.93. The lowest BCUT2D eigenvalue weighted by Crippen LogP contribution is -2.31. The minimum Gasteiger partial charge on any atom is -0.399 e. The fraction of sp³-hybridized carbons (Fsp3) is 0.250. The number of nitrogens with two attached hydrogens (primary N) is 1. The maximum atomic E-state index is 12.7. The molecule has 174 valence electrons. The zero-order chi connectivity index (χ0) is 23.6. The second-order valence-electron chi connectivity index (χ2n) is 7.93. The van der Waals surface area contributed by atoms with Crippen LogP contribution in [0.2, 0.25) is 0 Å². The average molecular weight is 476 g/mol. The summed E-state index contributed by atoms with van der Waals surface area (Å²) >= 11 is 0. The van der Waals surface area contributed by atoms with Crippen LogP contribution in [0.1, 0.15) is 24.0 Å². The number of benzene rings is 2. The molecule has 0 radical (unpaired) electrons. The Morgan fingerprint density at radius 3 is 2.45 bits per heavy atom. The number of hydrogen-bond acceptors (Lipinski definition) is 4. The molecular formula is C24H24F3N3O2S. The Morgan fingerprint density at radius 2 is 1.73 bits per heavy atom. The molecule has 1 aliphatic heterocycles. The summed E-state index contributed by atoms with van der Waals surface area (Å²) in [4.78, 5) is 1.95. The predicted octanol–water partition coefficient (Wildman–Crippen LogP) is 4.49. The first-order chi connectivity index (χ1) is 15.6. The summed E-state index contributed by atoms with van der Waals surface area (Å²) in [5.41, 5.74) is 10.3. The van der Waals surface area contributed by atoms with E-state index in [2.05, 4.69) is 21.8 Å². The summed E-state index contributed by atoms with van der Waals surface area (Å²) in [7, 11) is -3.92. The summed E-state index contributed by atoms with van der Waals surface area (Å²) in [6, 6.07) is 11.5. The number of sulfonamides is 1. The van der Waals surface area contributed by atoms with Crippen LogP contribution in [0.15, 0.2) is 88.6 Å². The van der Waals surface area contributed by atoms with Crippen molar-refractivity contribution in [3.63, 3.8) is 0 Å². The van der Waals surface area contributed by atoms with E-state index < -0.39 is 21.8 Å². The molecule has 4 rings (SSSR count). The monoisotopic (exact) mass is 475 g/mol. The van der Waals surface area contributed by atoms with Crippen molar-refractivity contribution in [1.82, 2.24) is 4.72 Å². The summed E-state index contributed by atoms with van der Waals surface area (Å²) < 4.78 is 65.7. The van der Waals surface area contributed by atoms with E-state index in [9.17, 15) is 21.6 Å². The lowest BCUT2D eigenvalue weighted by Gasteiger charge is -2.30. The molecule has 0 saturated heterocycles. The molecule has 0 saturated carbocycles. The lowest BCUT2D eigenvalue weighted by molar-refractivity contribution is -0.137. The smallest absolute Gasteiger partial charge is 0.399 e. The molecule has 0 atom stereocenters. The number of rotatable bonds is 6. The van der Waals surface area contributed by atoms with Crippen molar-refractivity contribution in [3.8, 4) is 0 Å². The van der Waals surface area contributed by atoms with E-state index in [1.165, 1.54) is 11.1 Å². The number of hydrogen-bond donors (Lipinski definition) is 2. The highest BCUT2D eigenvalue weighted by Crippen LogP contribution is 2.35. The fourth-order valence-corrected chi connectivity index (χ4v) is 5.06. The number of alkyl halides is 3. The van der Waals surface area contributed by atoms with Gasteiger partial charge in [0.1, 0.15) is 0 Å². The van der Waals surface area contributed by atoms with E-state index in [1.54, 1.807) is 0 Å². The summed E-state index contributed by atoms with van der Waals surface area (Å²) in [6.45, 7) is 0.683. The maximum absolute atomic E-state index is 12.7. The van der Waals surface area contributed by atoms with E-state index in [1.807, 2.05) is 30.4 Å². The molecule has 1 heterocycles. The second-order valence-corrected chi connectivity index (χ2v) is 9.69. The molecular weight excluding hydrogens is 451 g/mol. The molecule has 2 aromatic rings. The number of para-hydroxylation sites is 1. The Morgan fingerprint density at radius 1 is 1.00 bits per heavy atom. The van der Waals surface area contributed by atoms with Crippen LogP contribution in [0.5, 0.6) is 0 Å². The van der Waals surface area contributed by atoms with Crippen molar-refractivity contribution in [2.24, 2.45) is 5.73 Å². The molecule has 0 aromatic heterocycles. The molecule has 0 unspecified atom stereocenters. The molecule has 33 heavy (non-hydrogen) atoms. The van der Waals surface area contributed by atoms with Gasteiger partial charge in [-0.1, -0.05) is 30.4 Å². The van der Waals surface area contributed by atoms with Gasteiger partial charge >= 0.3 is 6.18 Å². The van der Waals surface area contributed by atoms with Crippen LogP contribution in [0.4, 0.5) is 18.9 Å². The van der Waals surface area contributed by atoms with Crippen molar-refractivity contribution in [1.29, 1.82) is 0 Å². The Bertz CT molecular complexity index is 1230. The van der Waals surface area contributed by atoms with Gasteiger partial charge in [0.05, 0.1) is 10.5 Å². The lowest BCUT2D eigenvalue weighted by atomic mass is 10.0. The SMILES string of the molecule is NC1=CCC2=CCc3ccccc3N(CCCNS(=O)(=O)c3ccc(C(F)(F)F)cc3)C2=C1. The fourth-order valence-electron chi connectivity index (χ4n) is 3.98. The van der Waals surface area contributed by atoms with Crippen LogP contribution in [0.3, 0.4) is 0 Å². The summed E-state index contributed by atoms with van der Waals surface area (Å²) in [5, 5.41) is 0. The third-order valence-electron chi connectivity index (χ3n) is 5.67. The normalized spacial score (nSPS) is 16.2. The Labute approximate surface area is 191 Å². The van der Waals surface area contributed by atoms with Gasteiger partial charge in [0.15, 0.2) is 0 Å². The number of nitrogens with zero attached hydrogens (tertiary/aromatic N) is 1. The van der Waals surface area contributed by atoms with Gasteiger partial charge in [-0.3, -0.25) is 0 Å². The van der Waals surface area contributed by atoms with Gasteiger partial charge in [0, 0.05) is 30.2 Å². The highest BCUT2D eigenvalue weighted by Gasteiger charge is 2.30. The molecule has 1 aliphatic carbocycles. The number of fused-ring (bicyclic) bond motifs is 2. The van der Waals surface area contributed by atoms with Crippen molar-refractivity contribution >= 4 is 15.7 Å². The van der Waals surface area contributed by atoms with E-state index in [0.717, 1.165) is 48.5 Å². The second kappa shape index (κ2) is 9.07. The largest absolute Gasteiger partial charge is 0.416 e. The van der Waals surface area contributed by atoms with Crippen molar-refractivity contribution in [2.75, 3.05) is 18.0 Å². The predicted molar refractivity (Wildman–Crippen MR) is 122 cm³/mol. The third kappa shape index (κ3) is 5.15. The quantitative estimate of drug-likeness (QED) is 0.604. The van der Waals surface area contributed by atoms with Gasteiger partial charge in [-0.05, 0) is 66.8 Å². The molecule has 2 aliphatic rings. The highest BCUT2D eigenvalue weighted by molar-refractivity contribution is 7.89. The minimum absolute atomic E-state index is 0.139. The van der Waals surface area contributed by atoms with Gasteiger partial charge in [-0.2, -0.15) is 13.2 Å². The van der Waals surface area contributed by atoms with Crippen molar-refractivity contribution in [2.45, 2.75) is 30.3 Å². The first-order valence-corrected chi connectivity index (χ1v) is 12.0. The third-order valence-corrected chi connectivity index (χ3v) is 7.15. The molecule has 2 aromatic carbocycles. The number of anilines is 1. The molecule has 3 N–H and O–H groups in total. The van der Waals surface area contributed by atoms with E-state index >= 15 is 0 Å². The molecule has 9 heteroatoms. The van der Waals surface area contributed by atoms with E-state index in [0.29, 0.717) is 18.7 Å².